The Hall–Kier alpha value is -1.95. The van der Waals surface area contributed by atoms with Gasteiger partial charge in [0.15, 0.2) is 5.82 Å². The van der Waals surface area contributed by atoms with E-state index in [0.717, 1.165) is 4.57 Å². The van der Waals surface area contributed by atoms with Crippen molar-refractivity contribution in [1.29, 1.82) is 0 Å². The molecule has 0 aliphatic carbocycles. The van der Waals surface area contributed by atoms with Crippen LogP contribution in [0.3, 0.4) is 0 Å². The van der Waals surface area contributed by atoms with Crippen LogP contribution in [-0.2, 0) is 6.61 Å². The molecular weight excluding hydrogens is 266 g/mol. The summed E-state index contributed by atoms with van der Waals surface area (Å²) in [6.45, 7) is -0.872. The molecule has 0 bridgehead atoms. The average molecular weight is 282 g/mol. The van der Waals surface area contributed by atoms with Crippen LogP contribution in [-0.4, -0.2) is 14.7 Å². The number of hydrogen-bond donors (Lipinski definition) is 1. The molecule has 0 spiro atoms. The summed E-state index contributed by atoms with van der Waals surface area (Å²) >= 11 is 0. The van der Waals surface area contributed by atoms with Crippen LogP contribution >= 0.6 is 0 Å². The third-order valence-electron chi connectivity index (χ3n) is 2.98. The largest absolute Gasteiger partial charge is 0.485 e. The first-order valence-corrected chi connectivity index (χ1v) is 6.33. The lowest BCUT2D eigenvalue weighted by atomic mass is 10.1. The van der Waals surface area contributed by atoms with Gasteiger partial charge in [0.2, 0.25) is 0 Å². The molecule has 1 atom stereocenters. The van der Waals surface area contributed by atoms with Gasteiger partial charge in [-0.15, -0.1) is 0 Å². The Bertz CT molecular complexity index is 558. The molecule has 1 aromatic heterocycles. The lowest BCUT2D eigenvalue weighted by molar-refractivity contribution is 0.0630. The Balaban J connectivity index is 2.13. The fourth-order valence-corrected chi connectivity index (χ4v) is 1.88. The summed E-state index contributed by atoms with van der Waals surface area (Å²) in [6, 6.07) is 7.01. The van der Waals surface area contributed by atoms with Crippen molar-refractivity contribution in [1.82, 2.24) is 9.55 Å². The number of aromatic nitrogens is 2. The van der Waals surface area contributed by atoms with Crippen molar-refractivity contribution in [2.75, 3.05) is 0 Å². The number of imidazole rings is 1. The zero-order valence-electron chi connectivity index (χ0n) is 11.0. The molecule has 4 nitrogen and oxygen atoms in total. The molecule has 0 saturated heterocycles. The number of nitrogens with zero attached hydrogens (tertiary/aromatic N) is 2. The normalized spacial score (nSPS) is 12.7. The quantitative estimate of drug-likeness (QED) is 0.884. The van der Waals surface area contributed by atoms with Crippen LogP contribution in [0.5, 0.6) is 5.75 Å². The Labute approximate surface area is 115 Å². The third kappa shape index (κ3) is 3.14. The summed E-state index contributed by atoms with van der Waals surface area (Å²) in [5, 5.41) is 9.89. The second-order valence-electron chi connectivity index (χ2n) is 4.28. The van der Waals surface area contributed by atoms with E-state index in [9.17, 15) is 13.9 Å². The molecule has 0 radical (unpaired) electrons. The number of halogens is 2. The van der Waals surface area contributed by atoms with Gasteiger partial charge in [-0.1, -0.05) is 25.1 Å². The molecule has 1 heterocycles. The first-order chi connectivity index (χ1) is 9.63. The number of para-hydroxylation sites is 1. The van der Waals surface area contributed by atoms with E-state index in [-0.39, 0.29) is 12.4 Å². The minimum absolute atomic E-state index is 0.0786. The van der Waals surface area contributed by atoms with Gasteiger partial charge in [-0.25, -0.2) is 4.98 Å². The van der Waals surface area contributed by atoms with Gasteiger partial charge in [0, 0.05) is 18.0 Å². The molecule has 1 aromatic carbocycles. The minimum Gasteiger partial charge on any atom is -0.485 e. The molecule has 2 rings (SSSR count). The molecular formula is C14H16F2N2O2. The van der Waals surface area contributed by atoms with E-state index in [1.54, 1.807) is 24.3 Å². The Morgan fingerprint density at radius 1 is 1.35 bits per heavy atom. The van der Waals surface area contributed by atoms with Gasteiger partial charge in [0.05, 0.1) is 6.10 Å². The Morgan fingerprint density at radius 2 is 2.10 bits per heavy atom. The van der Waals surface area contributed by atoms with Crippen LogP contribution in [0.15, 0.2) is 36.7 Å². The van der Waals surface area contributed by atoms with E-state index >= 15 is 0 Å². The predicted molar refractivity (Wildman–Crippen MR) is 69.5 cm³/mol. The summed E-state index contributed by atoms with van der Waals surface area (Å²) in [4.78, 5) is 3.84. The third-order valence-corrected chi connectivity index (χ3v) is 2.98. The predicted octanol–water partition coefficient (Wildman–Crippen LogP) is 3.30. The van der Waals surface area contributed by atoms with E-state index in [1.165, 1.54) is 12.4 Å². The molecule has 0 aliphatic heterocycles. The fourth-order valence-electron chi connectivity index (χ4n) is 1.88. The number of aliphatic hydroxyl groups excluding tert-OH is 1. The molecule has 1 N–H and O–H groups in total. The van der Waals surface area contributed by atoms with E-state index in [1.807, 2.05) is 6.92 Å². The molecule has 108 valence electrons. The van der Waals surface area contributed by atoms with Crippen molar-refractivity contribution in [2.45, 2.75) is 32.6 Å². The van der Waals surface area contributed by atoms with Crippen molar-refractivity contribution in [3.05, 3.63) is 48.0 Å². The smallest absolute Gasteiger partial charge is 0.320 e. The van der Waals surface area contributed by atoms with Crippen LogP contribution in [0.1, 0.15) is 37.4 Å². The lowest BCUT2D eigenvalue weighted by Crippen LogP contribution is -2.08. The van der Waals surface area contributed by atoms with Crippen LogP contribution in [0.25, 0.3) is 0 Å². The first-order valence-electron chi connectivity index (χ1n) is 6.33. The van der Waals surface area contributed by atoms with Crippen molar-refractivity contribution in [3.63, 3.8) is 0 Å². The van der Waals surface area contributed by atoms with Crippen LogP contribution in [0, 0.1) is 0 Å². The summed E-state index contributed by atoms with van der Waals surface area (Å²) in [5.41, 5.74) is 0.644. The summed E-state index contributed by atoms with van der Waals surface area (Å²) in [6.07, 6.45) is 2.42. The molecule has 0 saturated carbocycles. The monoisotopic (exact) mass is 282 g/mol. The van der Waals surface area contributed by atoms with Gasteiger partial charge >= 0.3 is 6.55 Å². The van der Waals surface area contributed by atoms with E-state index < -0.39 is 12.7 Å². The zero-order valence-corrected chi connectivity index (χ0v) is 11.0. The van der Waals surface area contributed by atoms with Crippen LogP contribution in [0.4, 0.5) is 8.78 Å². The topological polar surface area (TPSA) is 47.3 Å². The van der Waals surface area contributed by atoms with Gasteiger partial charge in [0.1, 0.15) is 12.4 Å². The van der Waals surface area contributed by atoms with Crippen molar-refractivity contribution in [2.24, 2.45) is 0 Å². The van der Waals surface area contributed by atoms with Crippen molar-refractivity contribution >= 4 is 0 Å². The van der Waals surface area contributed by atoms with Crippen LogP contribution in [0.2, 0.25) is 0 Å². The van der Waals surface area contributed by atoms with E-state index in [4.69, 9.17) is 4.74 Å². The van der Waals surface area contributed by atoms with Gasteiger partial charge in [0.25, 0.3) is 0 Å². The maximum Gasteiger partial charge on any atom is 0.320 e. The molecule has 6 heteroatoms. The highest BCUT2D eigenvalue weighted by Gasteiger charge is 2.14. The highest BCUT2D eigenvalue weighted by atomic mass is 19.3. The van der Waals surface area contributed by atoms with Gasteiger partial charge in [-0.2, -0.15) is 8.78 Å². The summed E-state index contributed by atoms with van der Waals surface area (Å²) in [5.74, 6) is 0.617. The number of ether oxygens (including phenoxy) is 1. The minimum atomic E-state index is -2.65. The standard InChI is InChI=1S/C14H16F2N2O2/c1-2-11(19)10-5-3-4-6-12(10)20-9-13-17-7-8-18(13)14(15)16/h3-8,11,14,19H,2,9H2,1H3. The average Bonchev–Trinajstić information content (AvgIpc) is 2.93. The van der Waals surface area contributed by atoms with Gasteiger partial charge in [-0.3, -0.25) is 4.57 Å². The maximum atomic E-state index is 12.7. The lowest BCUT2D eigenvalue weighted by Gasteiger charge is -2.15. The molecule has 0 amide bonds. The maximum absolute atomic E-state index is 12.7. The number of benzene rings is 1. The van der Waals surface area contributed by atoms with Crippen LogP contribution < -0.4 is 4.74 Å². The molecule has 0 fully saturated rings. The number of rotatable bonds is 6. The molecule has 20 heavy (non-hydrogen) atoms. The highest BCUT2D eigenvalue weighted by molar-refractivity contribution is 5.35. The second kappa shape index (κ2) is 6.47. The Morgan fingerprint density at radius 3 is 2.80 bits per heavy atom. The van der Waals surface area contributed by atoms with Gasteiger partial charge in [-0.05, 0) is 12.5 Å². The first kappa shape index (κ1) is 14.5. The highest BCUT2D eigenvalue weighted by Crippen LogP contribution is 2.27. The van der Waals surface area contributed by atoms with Gasteiger partial charge < -0.3 is 9.84 Å². The zero-order chi connectivity index (χ0) is 14.5. The number of aliphatic hydroxyl groups is 1. The second-order valence-corrected chi connectivity index (χ2v) is 4.28. The Kier molecular flexibility index (Phi) is 4.68. The van der Waals surface area contributed by atoms with Crippen molar-refractivity contribution in [3.8, 4) is 5.75 Å². The number of hydrogen-bond acceptors (Lipinski definition) is 3. The fraction of sp³-hybridized carbons (Fsp3) is 0.357. The van der Waals surface area contributed by atoms with E-state index in [0.29, 0.717) is 17.7 Å². The number of alkyl halides is 2. The molecule has 2 aromatic rings. The summed E-state index contributed by atoms with van der Waals surface area (Å²) < 4.78 is 31.6. The SMILES string of the molecule is CCC(O)c1ccccc1OCc1nccn1C(F)F. The molecule has 0 aliphatic rings. The van der Waals surface area contributed by atoms with E-state index in [2.05, 4.69) is 4.98 Å². The summed E-state index contributed by atoms with van der Waals surface area (Å²) in [7, 11) is 0. The molecule has 1 unspecified atom stereocenters. The van der Waals surface area contributed by atoms with Crippen molar-refractivity contribution < 1.29 is 18.6 Å².